The fourth-order valence-electron chi connectivity index (χ4n) is 6.55. The molecule has 0 N–H and O–H groups in total. The Labute approximate surface area is 203 Å². The number of ether oxygens (including phenoxy) is 1. The van der Waals surface area contributed by atoms with Crippen LogP contribution >= 0.6 is 11.6 Å². The van der Waals surface area contributed by atoms with Gasteiger partial charge in [0, 0.05) is 11.4 Å². The second kappa shape index (κ2) is 7.81. The second-order valence-corrected chi connectivity index (χ2v) is 10.6. The molecule has 6 heteroatoms. The number of esters is 1. The van der Waals surface area contributed by atoms with E-state index in [1.165, 1.54) is 4.90 Å². The molecule has 34 heavy (non-hydrogen) atoms. The molecule has 5 nitrogen and oxygen atoms in total. The molecule has 0 unspecified atom stereocenters. The lowest BCUT2D eigenvalue weighted by Gasteiger charge is -2.37. The van der Waals surface area contributed by atoms with Crippen LogP contribution in [0.5, 0.6) is 5.75 Å². The van der Waals surface area contributed by atoms with Crippen LogP contribution in [0, 0.1) is 49.4 Å². The van der Waals surface area contributed by atoms with E-state index in [1.807, 2.05) is 44.2 Å². The summed E-state index contributed by atoms with van der Waals surface area (Å²) >= 11 is 6.27. The zero-order chi connectivity index (χ0) is 23.7. The van der Waals surface area contributed by atoms with Gasteiger partial charge in [-0.15, -0.1) is 0 Å². The third-order valence-corrected chi connectivity index (χ3v) is 8.78. The Morgan fingerprint density at radius 1 is 1.00 bits per heavy atom. The molecule has 2 saturated carbocycles. The number of allylic oxidation sites excluding steroid dienone is 2. The second-order valence-electron chi connectivity index (χ2n) is 10.2. The highest BCUT2D eigenvalue weighted by atomic mass is 35.5. The van der Waals surface area contributed by atoms with Gasteiger partial charge in [-0.2, -0.15) is 0 Å². The Kier molecular flexibility index (Phi) is 4.96. The van der Waals surface area contributed by atoms with Gasteiger partial charge in [0.1, 0.15) is 11.8 Å². The number of rotatable bonds is 5. The fraction of sp³-hybridized carbons (Fsp3) is 0.393. The summed E-state index contributed by atoms with van der Waals surface area (Å²) in [4.78, 5) is 42.2. The maximum absolute atomic E-state index is 13.7. The van der Waals surface area contributed by atoms with Crippen LogP contribution in [0.25, 0.3) is 0 Å². The van der Waals surface area contributed by atoms with Crippen molar-refractivity contribution in [2.75, 3.05) is 0 Å². The van der Waals surface area contributed by atoms with Crippen LogP contribution in [0.3, 0.4) is 0 Å². The van der Waals surface area contributed by atoms with Gasteiger partial charge in [-0.25, -0.2) is 4.79 Å². The zero-order valence-electron chi connectivity index (χ0n) is 19.1. The van der Waals surface area contributed by atoms with Crippen molar-refractivity contribution >= 4 is 29.4 Å². The van der Waals surface area contributed by atoms with Crippen molar-refractivity contribution in [3.05, 3.63) is 76.3 Å². The standard InChI is InChI=1S/C28H26ClNO4/c1-14-10-17(11-15(2)25(14)29)34-28(33)22(12-16-6-4-3-5-7-16)30-26(31)23-18-8-9-19(21-13-20(18)21)24(23)27(30)32/h3-11,18-24H,12-13H2,1-2H3/t18-,19-,20-,21+,22-,23+,24+/m0/s1. The monoisotopic (exact) mass is 475 g/mol. The molecule has 7 atom stereocenters. The number of likely N-dealkylation sites (tertiary alicyclic amines) is 1. The highest BCUT2D eigenvalue weighted by Gasteiger charge is 2.68. The molecule has 7 rings (SSSR count). The Hall–Kier alpha value is -2.92. The summed E-state index contributed by atoms with van der Waals surface area (Å²) in [6.07, 6.45) is 5.59. The Morgan fingerprint density at radius 3 is 2.12 bits per heavy atom. The van der Waals surface area contributed by atoms with Crippen LogP contribution in [0.1, 0.15) is 23.1 Å². The van der Waals surface area contributed by atoms with Crippen LogP contribution in [0.15, 0.2) is 54.6 Å². The minimum absolute atomic E-state index is 0.108. The SMILES string of the molecule is Cc1cc(OC(=O)[C@H](Cc2ccccc2)N2C(=O)[C@@H]3[C@H]4C=C[C@@H]([C@@H]5C[C@H]45)[C@H]3C2=O)cc(C)c1Cl. The van der Waals surface area contributed by atoms with Gasteiger partial charge < -0.3 is 4.74 Å². The number of benzene rings is 2. The molecule has 1 saturated heterocycles. The molecule has 3 fully saturated rings. The number of imide groups is 1. The number of halogens is 1. The first-order valence-electron chi connectivity index (χ1n) is 11.9. The van der Waals surface area contributed by atoms with Crippen molar-refractivity contribution in [1.82, 2.24) is 4.90 Å². The van der Waals surface area contributed by atoms with E-state index in [9.17, 15) is 14.4 Å². The summed E-state index contributed by atoms with van der Waals surface area (Å²) in [6.45, 7) is 3.70. The number of amides is 2. The minimum Gasteiger partial charge on any atom is -0.425 e. The molecule has 2 amide bonds. The van der Waals surface area contributed by atoms with E-state index in [0.29, 0.717) is 22.6 Å². The summed E-state index contributed by atoms with van der Waals surface area (Å²) in [7, 11) is 0. The predicted octanol–water partition coefficient (Wildman–Crippen LogP) is 4.53. The third-order valence-electron chi connectivity index (χ3n) is 8.18. The average Bonchev–Trinajstić information content (AvgIpc) is 3.60. The van der Waals surface area contributed by atoms with Gasteiger partial charge in [0.15, 0.2) is 0 Å². The van der Waals surface area contributed by atoms with Crippen LogP contribution in [-0.4, -0.2) is 28.7 Å². The van der Waals surface area contributed by atoms with Gasteiger partial charge in [0.2, 0.25) is 11.8 Å². The molecule has 1 heterocycles. The Balaban J connectivity index is 1.34. The molecule has 1 aliphatic heterocycles. The summed E-state index contributed by atoms with van der Waals surface area (Å²) in [5.74, 6) is -0.151. The smallest absolute Gasteiger partial charge is 0.335 e. The van der Waals surface area contributed by atoms with Crippen molar-refractivity contribution in [1.29, 1.82) is 0 Å². The molecule has 174 valence electrons. The number of nitrogens with zero attached hydrogens (tertiary/aromatic N) is 1. The van der Waals surface area contributed by atoms with Crippen LogP contribution in [-0.2, 0) is 20.8 Å². The van der Waals surface area contributed by atoms with E-state index in [4.69, 9.17) is 16.3 Å². The van der Waals surface area contributed by atoms with Crippen molar-refractivity contribution < 1.29 is 19.1 Å². The normalized spacial score (nSPS) is 31.3. The summed E-state index contributed by atoms with van der Waals surface area (Å²) in [5.41, 5.74) is 2.46. The lowest BCUT2D eigenvalue weighted by atomic mass is 9.63. The topological polar surface area (TPSA) is 63.7 Å². The summed E-state index contributed by atoms with van der Waals surface area (Å²) in [6, 6.07) is 11.9. The third kappa shape index (κ3) is 3.24. The van der Waals surface area contributed by atoms with E-state index in [0.717, 1.165) is 23.1 Å². The summed E-state index contributed by atoms with van der Waals surface area (Å²) < 4.78 is 5.77. The molecule has 0 spiro atoms. The molecule has 2 aromatic carbocycles. The number of hydrogen-bond donors (Lipinski definition) is 0. The molecular weight excluding hydrogens is 450 g/mol. The van der Waals surface area contributed by atoms with Gasteiger partial charge in [0.05, 0.1) is 11.8 Å². The summed E-state index contributed by atoms with van der Waals surface area (Å²) in [5, 5.41) is 0.621. The highest BCUT2D eigenvalue weighted by Crippen LogP contribution is 2.65. The van der Waals surface area contributed by atoms with E-state index in [-0.39, 0.29) is 41.9 Å². The maximum atomic E-state index is 13.7. The van der Waals surface area contributed by atoms with Crippen LogP contribution in [0.2, 0.25) is 5.02 Å². The lowest BCUT2D eigenvalue weighted by molar-refractivity contribution is -0.153. The van der Waals surface area contributed by atoms with Gasteiger partial charge in [-0.3, -0.25) is 14.5 Å². The zero-order valence-corrected chi connectivity index (χ0v) is 19.9. The number of aryl methyl sites for hydroxylation is 2. The largest absolute Gasteiger partial charge is 0.425 e. The van der Waals surface area contributed by atoms with Gasteiger partial charge in [-0.1, -0.05) is 54.1 Å². The lowest BCUT2D eigenvalue weighted by Crippen LogP contribution is -2.48. The quantitative estimate of drug-likeness (QED) is 0.276. The first-order chi connectivity index (χ1) is 16.3. The number of carbonyl (C=O) groups is 3. The molecule has 0 aromatic heterocycles. The average molecular weight is 476 g/mol. The molecule has 2 aromatic rings. The van der Waals surface area contributed by atoms with E-state index >= 15 is 0 Å². The van der Waals surface area contributed by atoms with E-state index in [1.54, 1.807) is 12.1 Å². The van der Waals surface area contributed by atoms with E-state index < -0.39 is 12.0 Å². The van der Waals surface area contributed by atoms with Crippen molar-refractivity contribution in [2.45, 2.75) is 32.7 Å². The highest BCUT2D eigenvalue weighted by molar-refractivity contribution is 6.32. The van der Waals surface area contributed by atoms with E-state index in [2.05, 4.69) is 12.2 Å². The number of carbonyl (C=O) groups excluding carboxylic acids is 3. The van der Waals surface area contributed by atoms with Gasteiger partial charge >= 0.3 is 5.97 Å². The van der Waals surface area contributed by atoms with Crippen molar-refractivity contribution in [3.8, 4) is 5.75 Å². The maximum Gasteiger partial charge on any atom is 0.335 e. The molecular formula is C28H26ClNO4. The first kappa shape index (κ1) is 21.6. The van der Waals surface area contributed by atoms with Gasteiger partial charge in [-0.05, 0) is 72.8 Å². The first-order valence-corrected chi connectivity index (χ1v) is 12.3. The molecule has 0 radical (unpaired) electrons. The van der Waals surface area contributed by atoms with Crippen molar-refractivity contribution in [2.24, 2.45) is 35.5 Å². The van der Waals surface area contributed by atoms with Crippen LogP contribution < -0.4 is 4.74 Å². The van der Waals surface area contributed by atoms with Crippen molar-refractivity contribution in [3.63, 3.8) is 0 Å². The number of hydrogen-bond acceptors (Lipinski definition) is 4. The van der Waals surface area contributed by atoms with Gasteiger partial charge in [0.25, 0.3) is 0 Å². The molecule has 4 aliphatic carbocycles. The predicted molar refractivity (Wildman–Crippen MR) is 127 cm³/mol. The minimum atomic E-state index is -1.01. The molecule has 5 aliphatic rings. The fourth-order valence-corrected chi connectivity index (χ4v) is 6.66. The Bertz CT molecular complexity index is 1180. The van der Waals surface area contributed by atoms with Crippen LogP contribution in [0.4, 0.5) is 0 Å². The molecule has 2 bridgehead atoms. The Morgan fingerprint density at radius 2 is 1.56 bits per heavy atom.